The molecule has 1 heterocycles. The Morgan fingerprint density at radius 1 is 1.15 bits per heavy atom. The number of hydrogen-bond donors (Lipinski definition) is 0. The lowest BCUT2D eigenvalue weighted by molar-refractivity contribution is -0.141. The zero-order chi connectivity index (χ0) is 14.9. The number of ether oxygens (including phenoxy) is 2. The fourth-order valence-electron chi connectivity index (χ4n) is 3.39. The van der Waals surface area contributed by atoms with Gasteiger partial charge in [0.15, 0.2) is 0 Å². The van der Waals surface area contributed by atoms with E-state index in [0.29, 0.717) is 24.2 Å². The number of likely N-dealkylation sites (tertiary alicyclic amines) is 1. The van der Waals surface area contributed by atoms with E-state index in [-0.39, 0.29) is 12.1 Å². The molecule has 114 valence electrons. The van der Waals surface area contributed by atoms with Crippen molar-refractivity contribution in [3.05, 3.63) is 0 Å². The average molecular weight is 283 g/mol. The summed E-state index contributed by atoms with van der Waals surface area (Å²) in [6.45, 7) is 7.17. The predicted octanol–water partition coefficient (Wildman–Crippen LogP) is 2.44. The van der Waals surface area contributed by atoms with Crippen LogP contribution in [0.2, 0.25) is 0 Å². The summed E-state index contributed by atoms with van der Waals surface area (Å²) in [5.41, 5.74) is -0.442. The summed E-state index contributed by atoms with van der Waals surface area (Å²) >= 11 is 0. The minimum absolute atomic E-state index is 0.126. The number of fused-ring (bicyclic) bond motifs is 1. The van der Waals surface area contributed by atoms with Crippen molar-refractivity contribution in [1.29, 1.82) is 0 Å². The molecule has 0 spiro atoms. The van der Waals surface area contributed by atoms with Crippen molar-refractivity contribution >= 4 is 12.1 Å². The van der Waals surface area contributed by atoms with Crippen molar-refractivity contribution in [2.24, 2.45) is 17.8 Å². The SMILES string of the molecule is COC(=O)CC1CC2CN(C(=O)OC(C)(C)C)CC2C1. The van der Waals surface area contributed by atoms with Crippen LogP contribution in [0.1, 0.15) is 40.0 Å². The van der Waals surface area contributed by atoms with E-state index in [0.717, 1.165) is 25.9 Å². The van der Waals surface area contributed by atoms with E-state index in [1.165, 1.54) is 7.11 Å². The van der Waals surface area contributed by atoms with Gasteiger partial charge in [0.25, 0.3) is 0 Å². The van der Waals surface area contributed by atoms with Crippen molar-refractivity contribution in [1.82, 2.24) is 4.90 Å². The molecule has 0 aromatic heterocycles. The highest BCUT2D eigenvalue weighted by atomic mass is 16.6. The van der Waals surface area contributed by atoms with Gasteiger partial charge in [-0.2, -0.15) is 0 Å². The highest BCUT2D eigenvalue weighted by Gasteiger charge is 2.43. The first-order valence-corrected chi connectivity index (χ1v) is 7.33. The van der Waals surface area contributed by atoms with E-state index >= 15 is 0 Å². The van der Waals surface area contributed by atoms with Crippen LogP contribution in [0, 0.1) is 17.8 Å². The van der Waals surface area contributed by atoms with Crippen LogP contribution in [0.4, 0.5) is 4.79 Å². The molecule has 5 nitrogen and oxygen atoms in total. The number of esters is 1. The van der Waals surface area contributed by atoms with Gasteiger partial charge in [-0.15, -0.1) is 0 Å². The average Bonchev–Trinajstić information content (AvgIpc) is 2.84. The molecule has 1 saturated heterocycles. The molecule has 2 rings (SSSR count). The topological polar surface area (TPSA) is 55.8 Å². The Kier molecular flexibility index (Phi) is 4.25. The summed E-state index contributed by atoms with van der Waals surface area (Å²) in [7, 11) is 1.43. The largest absolute Gasteiger partial charge is 0.469 e. The number of carbonyl (C=O) groups is 2. The fourth-order valence-corrected chi connectivity index (χ4v) is 3.39. The smallest absolute Gasteiger partial charge is 0.410 e. The van der Waals surface area contributed by atoms with E-state index in [2.05, 4.69) is 0 Å². The van der Waals surface area contributed by atoms with Gasteiger partial charge in [0.05, 0.1) is 7.11 Å². The molecule has 0 radical (unpaired) electrons. The predicted molar refractivity (Wildman–Crippen MR) is 74.1 cm³/mol. The van der Waals surface area contributed by atoms with Gasteiger partial charge >= 0.3 is 12.1 Å². The normalized spacial score (nSPS) is 29.2. The Balaban J connectivity index is 1.82. The fraction of sp³-hybridized carbons (Fsp3) is 0.867. The molecule has 1 aliphatic heterocycles. The number of hydrogen-bond acceptors (Lipinski definition) is 4. The maximum Gasteiger partial charge on any atom is 0.410 e. The highest BCUT2D eigenvalue weighted by Crippen LogP contribution is 2.43. The summed E-state index contributed by atoms with van der Waals surface area (Å²) in [5, 5.41) is 0. The van der Waals surface area contributed by atoms with Crippen LogP contribution in [0.15, 0.2) is 0 Å². The first-order valence-electron chi connectivity index (χ1n) is 7.33. The molecule has 2 fully saturated rings. The van der Waals surface area contributed by atoms with Gasteiger partial charge in [0.1, 0.15) is 5.60 Å². The molecule has 0 aromatic carbocycles. The van der Waals surface area contributed by atoms with Gasteiger partial charge < -0.3 is 14.4 Å². The van der Waals surface area contributed by atoms with Crippen LogP contribution < -0.4 is 0 Å². The minimum Gasteiger partial charge on any atom is -0.469 e. The molecule has 0 N–H and O–H groups in total. The second-order valence-corrected chi connectivity index (χ2v) is 7.02. The Bertz CT molecular complexity index is 374. The van der Waals surface area contributed by atoms with Crippen molar-refractivity contribution in [3.8, 4) is 0 Å². The summed E-state index contributed by atoms with van der Waals surface area (Å²) in [4.78, 5) is 25.2. The number of carbonyl (C=O) groups excluding carboxylic acids is 2. The van der Waals surface area contributed by atoms with Crippen LogP contribution in [0.5, 0.6) is 0 Å². The summed E-state index contributed by atoms with van der Waals surface area (Å²) < 4.78 is 10.1. The monoisotopic (exact) mass is 283 g/mol. The number of nitrogens with zero attached hydrogens (tertiary/aromatic N) is 1. The number of amides is 1. The lowest BCUT2D eigenvalue weighted by atomic mass is 10.0. The second kappa shape index (κ2) is 5.62. The molecule has 2 atom stereocenters. The maximum absolute atomic E-state index is 12.0. The van der Waals surface area contributed by atoms with E-state index in [1.54, 1.807) is 0 Å². The third-order valence-corrected chi connectivity index (χ3v) is 4.18. The van der Waals surface area contributed by atoms with Crippen LogP contribution >= 0.6 is 0 Å². The van der Waals surface area contributed by atoms with Crippen molar-refractivity contribution in [2.75, 3.05) is 20.2 Å². The standard InChI is InChI=1S/C15H25NO4/c1-15(2,3)20-14(18)16-8-11-5-10(6-12(11)9-16)7-13(17)19-4/h10-12H,5-9H2,1-4H3. The summed E-state index contributed by atoms with van der Waals surface area (Å²) in [6.07, 6.45) is 2.32. The third-order valence-electron chi connectivity index (χ3n) is 4.18. The van der Waals surface area contributed by atoms with Gasteiger partial charge in [-0.25, -0.2) is 4.79 Å². The Hall–Kier alpha value is -1.26. The van der Waals surface area contributed by atoms with E-state index in [9.17, 15) is 9.59 Å². The molecule has 0 aromatic rings. The first-order chi connectivity index (χ1) is 9.28. The second-order valence-electron chi connectivity index (χ2n) is 7.02. The minimum atomic E-state index is -0.442. The molecular formula is C15H25NO4. The third kappa shape index (κ3) is 3.64. The summed E-state index contributed by atoms with van der Waals surface area (Å²) in [5.74, 6) is 1.31. The zero-order valence-corrected chi connectivity index (χ0v) is 12.8. The molecule has 20 heavy (non-hydrogen) atoms. The van der Waals surface area contributed by atoms with Gasteiger partial charge in [-0.3, -0.25) is 4.79 Å². The number of methoxy groups -OCH3 is 1. The lowest BCUT2D eigenvalue weighted by Gasteiger charge is -2.25. The molecule has 1 amide bonds. The van der Waals surface area contributed by atoms with Crippen LogP contribution in [-0.4, -0.2) is 42.8 Å². The van der Waals surface area contributed by atoms with Gasteiger partial charge in [0.2, 0.25) is 0 Å². The van der Waals surface area contributed by atoms with Gasteiger partial charge in [-0.05, 0) is 51.4 Å². The van der Waals surface area contributed by atoms with Crippen LogP contribution in [0.25, 0.3) is 0 Å². The lowest BCUT2D eigenvalue weighted by Crippen LogP contribution is -2.36. The molecule has 0 bridgehead atoms. The maximum atomic E-state index is 12.0. The summed E-state index contributed by atoms with van der Waals surface area (Å²) in [6, 6.07) is 0. The zero-order valence-electron chi connectivity index (χ0n) is 12.8. The first kappa shape index (κ1) is 15.1. The Labute approximate surface area is 120 Å². The van der Waals surface area contributed by atoms with Crippen molar-refractivity contribution < 1.29 is 19.1 Å². The van der Waals surface area contributed by atoms with Crippen molar-refractivity contribution in [3.63, 3.8) is 0 Å². The molecule has 5 heteroatoms. The van der Waals surface area contributed by atoms with Crippen LogP contribution in [0.3, 0.4) is 0 Å². The molecule has 2 aliphatic rings. The Morgan fingerprint density at radius 3 is 2.15 bits per heavy atom. The quantitative estimate of drug-likeness (QED) is 0.730. The molecule has 1 aliphatic carbocycles. The van der Waals surface area contributed by atoms with Gasteiger partial charge in [0, 0.05) is 19.5 Å². The van der Waals surface area contributed by atoms with E-state index in [4.69, 9.17) is 9.47 Å². The van der Waals surface area contributed by atoms with Crippen molar-refractivity contribution in [2.45, 2.75) is 45.6 Å². The molecular weight excluding hydrogens is 258 g/mol. The van der Waals surface area contributed by atoms with Gasteiger partial charge in [-0.1, -0.05) is 0 Å². The Morgan fingerprint density at radius 2 is 1.70 bits per heavy atom. The van der Waals surface area contributed by atoms with E-state index in [1.807, 2.05) is 25.7 Å². The van der Waals surface area contributed by atoms with Crippen LogP contribution in [-0.2, 0) is 14.3 Å². The van der Waals surface area contributed by atoms with E-state index < -0.39 is 5.60 Å². The molecule has 2 unspecified atom stereocenters. The number of rotatable bonds is 2. The molecule has 1 saturated carbocycles. The highest BCUT2D eigenvalue weighted by molar-refractivity contribution is 5.70.